The quantitative estimate of drug-likeness (QED) is 0.783. The van der Waals surface area contributed by atoms with Crippen LogP contribution in [-0.2, 0) is 0 Å². The molecule has 1 aromatic heterocycles. The lowest BCUT2D eigenvalue weighted by Gasteiger charge is -2.46. The maximum absolute atomic E-state index is 13.0. The highest BCUT2D eigenvalue weighted by Crippen LogP contribution is 2.30. The first-order chi connectivity index (χ1) is 12.3. The SMILES string of the molecule is Fc1ccc(SC[C@@H]2CC[C@H]3CN(c4ncccn4)CCN3C2)cc1. The van der Waals surface area contributed by atoms with Gasteiger partial charge in [0, 0.05) is 55.3 Å². The van der Waals surface area contributed by atoms with E-state index >= 15 is 0 Å². The van der Waals surface area contributed by atoms with Gasteiger partial charge in [-0.2, -0.15) is 0 Å². The molecule has 2 saturated heterocycles. The number of anilines is 1. The van der Waals surface area contributed by atoms with Crippen LogP contribution in [-0.4, -0.2) is 52.8 Å². The molecule has 2 fully saturated rings. The summed E-state index contributed by atoms with van der Waals surface area (Å²) in [6, 6.07) is 9.33. The van der Waals surface area contributed by atoms with Crippen molar-refractivity contribution in [2.24, 2.45) is 5.92 Å². The second-order valence-electron chi connectivity index (χ2n) is 6.85. The van der Waals surface area contributed by atoms with Crippen molar-refractivity contribution >= 4 is 17.7 Å². The molecule has 2 atom stereocenters. The van der Waals surface area contributed by atoms with Gasteiger partial charge in [0.15, 0.2) is 0 Å². The predicted molar refractivity (Wildman–Crippen MR) is 99.5 cm³/mol. The number of aromatic nitrogens is 2. The largest absolute Gasteiger partial charge is 0.338 e. The van der Waals surface area contributed by atoms with E-state index in [9.17, 15) is 4.39 Å². The van der Waals surface area contributed by atoms with Crippen molar-refractivity contribution in [3.63, 3.8) is 0 Å². The second-order valence-corrected chi connectivity index (χ2v) is 7.95. The lowest BCUT2D eigenvalue weighted by atomic mass is 9.92. The molecule has 0 saturated carbocycles. The number of fused-ring (bicyclic) bond motifs is 1. The van der Waals surface area contributed by atoms with E-state index in [-0.39, 0.29) is 5.82 Å². The third-order valence-electron chi connectivity index (χ3n) is 5.14. The molecule has 0 spiro atoms. The van der Waals surface area contributed by atoms with Crippen molar-refractivity contribution in [1.29, 1.82) is 0 Å². The Kier molecular flexibility index (Phi) is 5.17. The van der Waals surface area contributed by atoms with E-state index in [1.165, 1.54) is 19.4 Å². The minimum absolute atomic E-state index is 0.162. The van der Waals surface area contributed by atoms with Gasteiger partial charge in [-0.3, -0.25) is 4.90 Å². The van der Waals surface area contributed by atoms with Crippen LogP contribution in [0.5, 0.6) is 0 Å². The van der Waals surface area contributed by atoms with Crippen LogP contribution < -0.4 is 4.90 Å². The molecule has 0 N–H and O–H groups in total. The highest BCUT2D eigenvalue weighted by atomic mass is 32.2. The van der Waals surface area contributed by atoms with Crippen LogP contribution in [0.25, 0.3) is 0 Å². The average Bonchev–Trinajstić information content (AvgIpc) is 2.68. The summed E-state index contributed by atoms with van der Waals surface area (Å²) < 4.78 is 13.0. The van der Waals surface area contributed by atoms with Crippen LogP contribution in [0.2, 0.25) is 0 Å². The predicted octanol–water partition coefficient (Wildman–Crippen LogP) is 3.31. The summed E-state index contributed by atoms with van der Waals surface area (Å²) in [6.45, 7) is 4.28. The van der Waals surface area contributed by atoms with E-state index in [1.807, 2.05) is 42.4 Å². The number of halogens is 1. The summed E-state index contributed by atoms with van der Waals surface area (Å²) in [6.07, 6.45) is 6.13. The summed E-state index contributed by atoms with van der Waals surface area (Å²) in [5, 5.41) is 0. The topological polar surface area (TPSA) is 32.3 Å². The van der Waals surface area contributed by atoms with Gasteiger partial charge in [-0.1, -0.05) is 0 Å². The van der Waals surface area contributed by atoms with Gasteiger partial charge in [0.05, 0.1) is 0 Å². The molecule has 25 heavy (non-hydrogen) atoms. The van der Waals surface area contributed by atoms with E-state index in [4.69, 9.17) is 0 Å². The summed E-state index contributed by atoms with van der Waals surface area (Å²) in [7, 11) is 0. The minimum Gasteiger partial charge on any atom is -0.338 e. The van der Waals surface area contributed by atoms with Crippen LogP contribution in [0.15, 0.2) is 47.6 Å². The Labute approximate surface area is 152 Å². The number of benzene rings is 1. The second kappa shape index (κ2) is 7.70. The van der Waals surface area contributed by atoms with E-state index in [0.717, 1.165) is 36.2 Å². The Morgan fingerprint density at radius 2 is 1.84 bits per heavy atom. The average molecular weight is 358 g/mol. The highest BCUT2D eigenvalue weighted by Gasteiger charge is 2.33. The van der Waals surface area contributed by atoms with Gasteiger partial charge in [-0.15, -0.1) is 11.8 Å². The van der Waals surface area contributed by atoms with Crippen molar-refractivity contribution in [3.05, 3.63) is 48.5 Å². The van der Waals surface area contributed by atoms with Crippen molar-refractivity contribution in [2.45, 2.75) is 23.8 Å². The van der Waals surface area contributed by atoms with Gasteiger partial charge in [0.25, 0.3) is 0 Å². The first-order valence-corrected chi connectivity index (χ1v) is 9.91. The number of rotatable bonds is 4. The van der Waals surface area contributed by atoms with Crippen molar-refractivity contribution in [1.82, 2.24) is 14.9 Å². The summed E-state index contributed by atoms with van der Waals surface area (Å²) >= 11 is 1.85. The molecular formula is C19H23FN4S. The molecule has 0 bridgehead atoms. The molecule has 6 heteroatoms. The number of piperazine rings is 1. The van der Waals surface area contributed by atoms with Crippen LogP contribution in [0, 0.1) is 11.7 Å². The van der Waals surface area contributed by atoms with Crippen LogP contribution in [0.1, 0.15) is 12.8 Å². The fourth-order valence-corrected chi connectivity index (χ4v) is 4.80. The number of nitrogens with zero attached hydrogens (tertiary/aromatic N) is 4. The molecule has 3 heterocycles. The number of thioether (sulfide) groups is 1. The lowest BCUT2D eigenvalue weighted by molar-refractivity contribution is 0.103. The van der Waals surface area contributed by atoms with Gasteiger partial charge >= 0.3 is 0 Å². The Morgan fingerprint density at radius 3 is 2.64 bits per heavy atom. The van der Waals surface area contributed by atoms with Gasteiger partial charge in [0.1, 0.15) is 5.82 Å². The van der Waals surface area contributed by atoms with E-state index < -0.39 is 0 Å². The molecule has 4 nitrogen and oxygen atoms in total. The zero-order chi connectivity index (χ0) is 17.1. The molecule has 132 valence electrons. The third kappa shape index (κ3) is 4.12. The van der Waals surface area contributed by atoms with E-state index in [2.05, 4.69) is 19.8 Å². The first kappa shape index (κ1) is 16.8. The third-order valence-corrected chi connectivity index (χ3v) is 6.38. The van der Waals surface area contributed by atoms with Crippen molar-refractivity contribution in [3.8, 4) is 0 Å². The lowest BCUT2D eigenvalue weighted by Crippen LogP contribution is -2.57. The van der Waals surface area contributed by atoms with Gasteiger partial charge in [-0.05, 0) is 49.1 Å². The van der Waals surface area contributed by atoms with Crippen LogP contribution in [0.4, 0.5) is 10.3 Å². The van der Waals surface area contributed by atoms with Gasteiger partial charge in [-0.25, -0.2) is 14.4 Å². The monoisotopic (exact) mass is 358 g/mol. The molecule has 1 aromatic carbocycles. The summed E-state index contributed by atoms with van der Waals surface area (Å²) in [5.41, 5.74) is 0. The Morgan fingerprint density at radius 1 is 1.04 bits per heavy atom. The Bertz CT molecular complexity index is 682. The fraction of sp³-hybridized carbons (Fsp3) is 0.474. The zero-order valence-corrected chi connectivity index (χ0v) is 15.0. The number of piperidine rings is 1. The van der Waals surface area contributed by atoms with Crippen LogP contribution in [0.3, 0.4) is 0 Å². The normalized spacial score (nSPS) is 24.1. The molecule has 0 unspecified atom stereocenters. The van der Waals surface area contributed by atoms with Crippen LogP contribution >= 0.6 is 11.8 Å². The summed E-state index contributed by atoms with van der Waals surface area (Å²) in [4.78, 5) is 14.9. The number of hydrogen-bond donors (Lipinski definition) is 0. The van der Waals surface area contributed by atoms with E-state index in [1.54, 1.807) is 12.1 Å². The molecule has 4 rings (SSSR count). The van der Waals surface area contributed by atoms with Gasteiger partial charge in [0.2, 0.25) is 5.95 Å². The smallest absolute Gasteiger partial charge is 0.225 e. The molecule has 0 amide bonds. The van der Waals surface area contributed by atoms with Gasteiger partial charge < -0.3 is 4.90 Å². The van der Waals surface area contributed by atoms with Crippen molar-refractivity contribution in [2.75, 3.05) is 36.8 Å². The van der Waals surface area contributed by atoms with Crippen molar-refractivity contribution < 1.29 is 4.39 Å². The Balaban J connectivity index is 1.29. The highest BCUT2D eigenvalue weighted by molar-refractivity contribution is 7.99. The standard InChI is InChI=1S/C19H23FN4S/c20-16-3-6-18(7-4-16)25-14-15-2-5-17-13-24(11-10-23(17)12-15)19-21-8-1-9-22-19/h1,3-4,6-9,15,17H,2,5,10-14H2/t15-,17+/m1/s1. The maximum atomic E-state index is 13.0. The van der Waals surface area contributed by atoms with E-state index in [0.29, 0.717) is 12.0 Å². The minimum atomic E-state index is -0.162. The zero-order valence-electron chi connectivity index (χ0n) is 14.2. The molecule has 0 aliphatic carbocycles. The first-order valence-electron chi connectivity index (χ1n) is 8.92. The maximum Gasteiger partial charge on any atom is 0.225 e. The summed E-state index contributed by atoms with van der Waals surface area (Å²) in [5.74, 6) is 2.52. The molecule has 2 aromatic rings. The molecule has 0 radical (unpaired) electrons. The molecule has 2 aliphatic rings. The number of hydrogen-bond acceptors (Lipinski definition) is 5. The molecular weight excluding hydrogens is 335 g/mol. The molecule has 2 aliphatic heterocycles. The fourth-order valence-electron chi connectivity index (χ4n) is 3.78. The Hall–Kier alpha value is -1.66.